The Labute approximate surface area is 116 Å². The average Bonchev–Trinajstić information content (AvgIpc) is 2.86. The molecule has 1 unspecified atom stereocenters. The molecule has 0 aliphatic carbocycles. The van der Waals surface area contributed by atoms with Crippen molar-refractivity contribution in [1.82, 2.24) is 15.2 Å². The van der Waals surface area contributed by atoms with Gasteiger partial charge in [-0.05, 0) is 52.4 Å². The van der Waals surface area contributed by atoms with E-state index in [1.807, 2.05) is 13.2 Å². The van der Waals surface area contributed by atoms with Gasteiger partial charge in [0.05, 0.1) is 6.20 Å². The summed E-state index contributed by atoms with van der Waals surface area (Å²) >= 11 is 0. The van der Waals surface area contributed by atoms with Crippen molar-refractivity contribution in [2.45, 2.75) is 45.6 Å². The van der Waals surface area contributed by atoms with Crippen LogP contribution in [0.1, 0.15) is 38.3 Å². The van der Waals surface area contributed by atoms with Crippen LogP contribution in [0.5, 0.6) is 0 Å². The van der Waals surface area contributed by atoms with E-state index in [0.717, 1.165) is 30.4 Å². The second kappa shape index (κ2) is 7.06. The zero-order valence-corrected chi connectivity index (χ0v) is 12.5. The van der Waals surface area contributed by atoms with E-state index in [4.69, 9.17) is 4.42 Å². The lowest BCUT2D eigenvalue weighted by Crippen LogP contribution is -2.34. The third-order valence-electron chi connectivity index (χ3n) is 4.22. The van der Waals surface area contributed by atoms with Gasteiger partial charge >= 0.3 is 0 Å². The third kappa shape index (κ3) is 4.32. The highest BCUT2D eigenvalue weighted by atomic mass is 16.4. The summed E-state index contributed by atoms with van der Waals surface area (Å²) in [5.41, 5.74) is 0. The van der Waals surface area contributed by atoms with Crippen molar-refractivity contribution in [3.05, 3.63) is 17.8 Å². The molecule has 0 radical (unpaired) electrons. The second-order valence-electron chi connectivity index (χ2n) is 5.70. The molecule has 1 N–H and O–H groups in total. The second-order valence-corrected chi connectivity index (χ2v) is 5.70. The highest BCUT2D eigenvalue weighted by molar-refractivity contribution is 4.97. The highest BCUT2D eigenvalue weighted by Gasteiger charge is 2.20. The SMILES string of the molecule is CCN1CCC(Cc2ncc(CC(C)NC)o2)CC1. The minimum absolute atomic E-state index is 0.439. The molecule has 1 aromatic heterocycles. The molecule has 4 heteroatoms. The minimum atomic E-state index is 0.439. The van der Waals surface area contributed by atoms with Crippen molar-refractivity contribution in [2.75, 3.05) is 26.7 Å². The van der Waals surface area contributed by atoms with Crippen LogP contribution < -0.4 is 5.32 Å². The number of likely N-dealkylation sites (N-methyl/N-ethyl adjacent to an activating group) is 1. The first-order valence-corrected chi connectivity index (χ1v) is 7.54. The van der Waals surface area contributed by atoms with E-state index >= 15 is 0 Å². The van der Waals surface area contributed by atoms with Gasteiger partial charge < -0.3 is 14.6 Å². The Kier molecular flexibility index (Phi) is 5.40. The molecule has 1 aromatic rings. The van der Waals surface area contributed by atoms with Gasteiger partial charge in [0.25, 0.3) is 0 Å². The summed E-state index contributed by atoms with van der Waals surface area (Å²) in [4.78, 5) is 6.95. The van der Waals surface area contributed by atoms with E-state index in [1.165, 1.54) is 32.5 Å². The van der Waals surface area contributed by atoms with Crippen molar-refractivity contribution in [2.24, 2.45) is 5.92 Å². The maximum Gasteiger partial charge on any atom is 0.194 e. The van der Waals surface area contributed by atoms with Crippen molar-refractivity contribution in [3.63, 3.8) is 0 Å². The summed E-state index contributed by atoms with van der Waals surface area (Å²) in [6.07, 6.45) is 6.37. The van der Waals surface area contributed by atoms with Crippen LogP contribution >= 0.6 is 0 Å². The predicted molar refractivity (Wildman–Crippen MR) is 77.3 cm³/mol. The number of piperidine rings is 1. The van der Waals surface area contributed by atoms with E-state index in [1.54, 1.807) is 0 Å². The van der Waals surface area contributed by atoms with Crippen LogP contribution in [0.3, 0.4) is 0 Å². The maximum atomic E-state index is 5.85. The summed E-state index contributed by atoms with van der Waals surface area (Å²) in [5.74, 6) is 2.67. The van der Waals surface area contributed by atoms with E-state index in [-0.39, 0.29) is 0 Å². The number of hydrogen-bond donors (Lipinski definition) is 1. The first-order chi connectivity index (χ1) is 9.21. The highest BCUT2D eigenvalue weighted by Crippen LogP contribution is 2.21. The van der Waals surface area contributed by atoms with Gasteiger partial charge in [-0.1, -0.05) is 6.92 Å². The molecular formula is C15H27N3O. The maximum absolute atomic E-state index is 5.85. The summed E-state index contributed by atoms with van der Waals surface area (Å²) < 4.78 is 5.85. The zero-order chi connectivity index (χ0) is 13.7. The molecule has 19 heavy (non-hydrogen) atoms. The Morgan fingerprint density at radius 1 is 1.47 bits per heavy atom. The Balaban J connectivity index is 1.80. The van der Waals surface area contributed by atoms with Gasteiger partial charge in [-0.15, -0.1) is 0 Å². The van der Waals surface area contributed by atoms with Gasteiger partial charge in [0, 0.05) is 18.9 Å². The van der Waals surface area contributed by atoms with E-state index in [2.05, 4.69) is 29.0 Å². The molecule has 108 valence electrons. The number of oxazole rings is 1. The molecule has 1 aliphatic heterocycles. The number of nitrogens with one attached hydrogen (secondary N) is 1. The van der Waals surface area contributed by atoms with Gasteiger partial charge in [-0.2, -0.15) is 0 Å². The molecule has 0 aromatic carbocycles. The topological polar surface area (TPSA) is 41.3 Å². The van der Waals surface area contributed by atoms with Crippen LogP contribution in [-0.2, 0) is 12.8 Å². The monoisotopic (exact) mass is 265 g/mol. The normalized spacial score (nSPS) is 19.7. The van der Waals surface area contributed by atoms with Crippen LogP contribution in [0.25, 0.3) is 0 Å². The molecule has 1 aliphatic rings. The lowest BCUT2D eigenvalue weighted by atomic mass is 9.93. The molecule has 0 amide bonds. The quantitative estimate of drug-likeness (QED) is 0.855. The van der Waals surface area contributed by atoms with Gasteiger partial charge in [0.1, 0.15) is 5.76 Å². The summed E-state index contributed by atoms with van der Waals surface area (Å²) in [6.45, 7) is 8.03. The average molecular weight is 265 g/mol. The van der Waals surface area contributed by atoms with Gasteiger partial charge in [0.2, 0.25) is 0 Å². The fourth-order valence-corrected chi connectivity index (χ4v) is 2.69. The van der Waals surface area contributed by atoms with Crippen LogP contribution in [0.2, 0.25) is 0 Å². The Morgan fingerprint density at radius 3 is 2.84 bits per heavy atom. The molecule has 0 bridgehead atoms. The first-order valence-electron chi connectivity index (χ1n) is 7.54. The molecule has 1 saturated heterocycles. The van der Waals surface area contributed by atoms with E-state index < -0.39 is 0 Å². The minimum Gasteiger partial charge on any atom is -0.446 e. The summed E-state index contributed by atoms with van der Waals surface area (Å²) in [5, 5.41) is 3.22. The smallest absolute Gasteiger partial charge is 0.194 e. The molecule has 0 spiro atoms. The van der Waals surface area contributed by atoms with Gasteiger partial charge in [-0.25, -0.2) is 4.98 Å². The van der Waals surface area contributed by atoms with Crippen LogP contribution in [0.4, 0.5) is 0 Å². The van der Waals surface area contributed by atoms with Crippen LogP contribution in [0, 0.1) is 5.92 Å². The third-order valence-corrected chi connectivity index (χ3v) is 4.22. The van der Waals surface area contributed by atoms with Gasteiger partial charge in [0.15, 0.2) is 5.89 Å². The number of nitrogens with zero attached hydrogens (tertiary/aromatic N) is 2. The molecule has 4 nitrogen and oxygen atoms in total. The van der Waals surface area contributed by atoms with Gasteiger partial charge in [-0.3, -0.25) is 0 Å². The summed E-state index contributed by atoms with van der Waals surface area (Å²) in [7, 11) is 1.98. The number of rotatable bonds is 6. The molecule has 1 fully saturated rings. The standard InChI is InChI=1S/C15H27N3O/c1-4-18-7-5-13(6-8-18)10-15-17-11-14(19-15)9-12(2)16-3/h11-13,16H,4-10H2,1-3H3. The molecule has 1 atom stereocenters. The Hall–Kier alpha value is -0.870. The Morgan fingerprint density at radius 2 is 2.21 bits per heavy atom. The number of hydrogen-bond acceptors (Lipinski definition) is 4. The van der Waals surface area contributed by atoms with Crippen molar-refractivity contribution < 1.29 is 4.42 Å². The lowest BCUT2D eigenvalue weighted by molar-refractivity contribution is 0.186. The zero-order valence-electron chi connectivity index (χ0n) is 12.5. The largest absolute Gasteiger partial charge is 0.446 e. The lowest BCUT2D eigenvalue weighted by Gasteiger charge is -2.30. The Bertz CT molecular complexity index is 369. The molecular weight excluding hydrogens is 238 g/mol. The first kappa shape index (κ1) is 14.5. The molecule has 0 saturated carbocycles. The van der Waals surface area contributed by atoms with Crippen molar-refractivity contribution >= 4 is 0 Å². The van der Waals surface area contributed by atoms with Crippen LogP contribution in [-0.4, -0.2) is 42.6 Å². The number of likely N-dealkylation sites (tertiary alicyclic amines) is 1. The molecule has 2 rings (SSSR count). The fourth-order valence-electron chi connectivity index (χ4n) is 2.69. The molecule has 2 heterocycles. The predicted octanol–water partition coefficient (Wildman–Crippen LogP) is 2.10. The number of aromatic nitrogens is 1. The van der Waals surface area contributed by atoms with E-state index in [9.17, 15) is 0 Å². The van der Waals surface area contributed by atoms with E-state index in [0.29, 0.717) is 6.04 Å². The van der Waals surface area contributed by atoms with Crippen LogP contribution in [0.15, 0.2) is 10.6 Å². The summed E-state index contributed by atoms with van der Waals surface area (Å²) in [6, 6.07) is 0.439. The fraction of sp³-hybridized carbons (Fsp3) is 0.800. The van der Waals surface area contributed by atoms with Crippen molar-refractivity contribution in [1.29, 1.82) is 0 Å². The van der Waals surface area contributed by atoms with Crippen molar-refractivity contribution in [3.8, 4) is 0 Å².